The van der Waals surface area contributed by atoms with Crippen molar-refractivity contribution in [2.75, 3.05) is 37.7 Å². The maximum Gasteiger partial charge on any atom is 0.0111 e. The Kier molecular flexibility index (Phi) is 4.81. The maximum absolute atomic E-state index is 3.76. The molecule has 1 aliphatic carbocycles. The zero-order chi connectivity index (χ0) is 12.9. The van der Waals surface area contributed by atoms with Crippen LogP contribution in [0.25, 0.3) is 0 Å². The van der Waals surface area contributed by atoms with E-state index in [9.17, 15) is 0 Å². The fourth-order valence-electron chi connectivity index (χ4n) is 3.12. The Labute approximate surface area is 121 Å². The molecule has 1 unspecified atom stereocenters. The first-order chi connectivity index (χ1) is 9.42. The van der Waals surface area contributed by atoms with E-state index in [4.69, 9.17) is 0 Å². The summed E-state index contributed by atoms with van der Waals surface area (Å²) < 4.78 is 0. The van der Waals surface area contributed by atoms with E-state index in [1.807, 2.05) is 0 Å². The summed E-state index contributed by atoms with van der Waals surface area (Å²) in [6.07, 6.45) is 3.76. The molecule has 1 saturated heterocycles. The third-order valence-corrected chi connectivity index (χ3v) is 5.25. The maximum atomic E-state index is 3.76. The van der Waals surface area contributed by atoms with E-state index in [2.05, 4.69) is 46.2 Å². The van der Waals surface area contributed by atoms with Crippen LogP contribution in [0.15, 0.2) is 24.3 Å². The largest absolute Gasteiger partial charge is 0.312 e. The van der Waals surface area contributed by atoms with Crippen molar-refractivity contribution in [1.29, 1.82) is 0 Å². The third-order valence-electron chi connectivity index (χ3n) is 4.31. The van der Waals surface area contributed by atoms with Gasteiger partial charge in [0.1, 0.15) is 0 Å². The molecule has 1 N–H and O–H groups in total. The van der Waals surface area contributed by atoms with Gasteiger partial charge in [-0.3, -0.25) is 0 Å². The molecule has 1 heterocycles. The first-order valence-corrected chi connectivity index (χ1v) is 8.67. The topological polar surface area (TPSA) is 15.3 Å². The van der Waals surface area contributed by atoms with E-state index in [-0.39, 0.29) is 0 Å². The summed E-state index contributed by atoms with van der Waals surface area (Å²) in [6.45, 7) is 4.93. The van der Waals surface area contributed by atoms with Gasteiger partial charge in [-0.15, -0.1) is 0 Å². The quantitative estimate of drug-likeness (QED) is 0.907. The van der Waals surface area contributed by atoms with Gasteiger partial charge >= 0.3 is 0 Å². The number of aryl methyl sites for hydroxylation is 1. The number of hydrogen-bond donors (Lipinski definition) is 1. The number of hydrogen-bond acceptors (Lipinski definition) is 3. The molecular formula is C16H24N2S. The molecule has 2 aliphatic rings. The first-order valence-electron chi connectivity index (χ1n) is 7.52. The van der Waals surface area contributed by atoms with Gasteiger partial charge in [0, 0.05) is 43.7 Å². The minimum Gasteiger partial charge on any atom is -0.312 e. The van der Waals surface area contributed by atoms with Gasteiger partial charge in [0.25, 0.3) is 0 Å². The molecular weight excluding hydrogens is 252 g/mol. The molecule has 1 fully saturated rings. The highest BCUT2D eigenvalue weighted by Gasteiger charge is 2.18. The lowest BCUT2D eigenvalue weighted by molar-refractivity contribution is 0.292. The van der Waals surface area contributed by atoms with Gasteiger partial charge in [-0.2, -0.15) is 11.8 Å². The number of rotatable bonds is 4. The SMILES string of the molecule is c1ccc2c(c1)CCC(NCCN1CCSCC1)C2. The molecule has 0 aromatic heterocycles. The molecule has 0 spiro atoms. The summed E-state index contributed by atoms with van der Waals surface area (Å²) in [4.78, 5) is 2.60. The van der Waals surface area contributed by atoms with Crippen LogP contribution < -0.4 is 5.32 Å². The molecule has 1 aromatic rings. The third kappa shape index (κ3) is 3.74. The van der Waals surface area contributed by atoms with Gasteiger partial charge in [0.05, 0.1) is 0 Å². The van der Waals surface area contributed by atoms with Crippen LogP contribution in [-0.2, 0) is 12.8 Å². The van der Waals surface area contributed by atoms with Crippen LogP contribution in [0.3, 0.4) is 0 Å². The van der Waals surface area contributed by atoms with Crippen LogP contribution in [-0.4, -0.2) is 48.6 Å². The second kappa shape index (κ2) is 6.78. The normalized spacial score (nSPS) is 24.1. The molecule has 1 aliphatic heterocycles. The Bertz CT molecular complexity index is 401. The monoisotopic (exact) mass is 276 g/mol. The van der Waals surface area contributed by atoms with Crippen LogP contribution in [0.5, 0.6) is 0 Å². The zero-order valence-corrected chi connectivity index (χ0v) is 12.4. The second-order valence-corrected chi connectivity index (χ2v) is 6.84. The van der Waals surface area contributed by atoms with Gasteiger partial charge < -0.3 is 10.2 Å². The van der Waals surface area contributed by atoms with Crippen molar-refractivity contribution in [1.82, 2.24) is 10.2 Å². The van der Waals surface area contributed by atoms with E-state index in [1.165, 1.54) is 50.4 Å². The standard InChI is InChI=1S/C16H24N2S/c1-2-4-15-13-16(6-5-14(15)3-1)17-7-8-18-9-11-19-12-10-18/h1-4,16-17H,5-13H2. The van der Waals surface area contributed by atoms with Gasteiger partial charge in [0.15, 0.2) is 0 Å². The summed E-state index contributed by atoms with van der Waals surface area (Å²) in [7, 11) is 0. The minimum atomic E-state index is 0.689. The molecule has 104 valence electrons. The molecule has 0 saturated carbocycles. The summed E-state index contributed by atoms with van der Waals surface area (Å²) in [5.74, 6) is 2.63. The average Bonchev–Trinajstić information content (AvgIpc) is 2.48. The van der Waals surface area contributed by atoms with Crippen LogP contribution >= 0.6 is 11.8 Å². The molecule has 1 atom stereocenters. The molecule has 0 amide bonds. The van der Waals surface area contributed by atoms with Crippen molar-refractivity contribution in [2.24, 2.45) is 0 Å². The summed E-state index contributed by atoms with van der Waals surface area (Å²) in [6, 6.07) is 9.62. The van der Waals surface area contributed by atoms with Gasteiger partial charge in [-0.05, 0) is 30.4 Å². The van der Waals surface area contributed by atoms with Crippen LogP contribution in [0.4, 0.5) is 0 Å². The van der Waals surface area contributed by atoms with Gasteiger partial charge in [-0.1, -0.05) is 24.3 Å². The van der Waals surface area contributed by atoms with E-state index in [1.54, 1.807) is 11.1 Å². The van der Waals surface area contributed by atoms with E-state index < -0.39 is 0 Å². The fraction of sp³-hybridized carbons (Fsp3) is 0.625. The lowest BCUT2D eigenvalue weighted by atomic mass is 9.88. The molecule has 3 heteroatoms. The molecule has 3 rings (SSSR count). The van der Waals surface area contributed by atoms with Crippen molar-refractivity contribution >= 4 is 11.8 Å². The van der Waals surface area contributed by atoms with Gasteiger partial charge in [-0.25, -0.2) is 0 Å². The van der Waals surface area contributed by atoms with Crippen LogP contribution in [0, 0.1) is 0 Å². The molecule has 2 nitrogen and oxygen atoms in total. The van der Waals surface area contributed by atoms with Gasteiger partial charge in [0.2, 0.25) is 0 Å². The molecule has 0 radical (unpaired) electrons. The fourth-order valence-corrected chi connectivity index (χ4v) is 4.10. The van der Waals surface area contributed by atoms with E-state index in [0.717, 1.165) is 6.54 Å². The number of benzene rings is 1. The zero-order valence-electron chi connectivity index (χ0n) is 11.6. The lowest BCUT2D eigenvalue weighted by Crippen LogP contribution is -2.42. The highest BCUT2D eigenvalue weighted by atomic mass is 32.2. The summed E-state index contributed by atoms with van der Waals surface area (Å²) >= 11 is 2.09. The van der Waals surface area contributed by atoms with Crippen molar-refractivity contribution in [3.05, 3.63) is 35.4 Å². The lowest BCUT2D eigenvalue weighted by Gasteiger charge is -2.29. The highest BCUT2D eigenvalue weighted by molar-refractivity contribution is 7.99. The Morgan fingerprint density at radius 2 is 1.95 bits per heavy atom. The molecule has 19 heavy (non-hydrogen) atoms. The highest BCUT2D eigenvalue weighted by Crippen LogP contribution is 2.20. The van der Waals surface area contributed by atoms with Crippen molar-refractivity contribution in [3.8, 4) is 0 Å². The smallest absolute Gasteiger partial charge is 0.0111 e. The van der Waals surface area contributed by atoms with Crippen molar-refractivity contribution in [2.45, 2.75) is 25.3 Å². The van der Waals surface area contributed by atoms with Crippen LogP contribution in [0.1, 0.15) is 17.5 Å². The predicted molar refractivity (Wildman–Crippen MR) is 84.0 cm³/mol. The predicted octanol–water partition coefficient (Wildman–Crippen LogP) is 2.18. The number of thioether (sulfide) groups is 1. The Hall–Kier alpha value is -0.510. The van der Waals surface area contributed by atoms with E-state index >= 15 is 0 Å². The van der Waals surface area contributed by atoms with Crippen molar-refractivity contribution < 1.29 is 0 Å². The first kappa shape index (κ1) is 13.5. The second-order valence-electron chi connectivity index (χ2n) is 5.62. The summed E-state index contributed by atoms with van der Waals surface area (Å²) in [5, 5.41) is 3.76. The number of nitrogens with one attached hydrogen (secondary N) is 1. The molecule has 0 bridgehead atoms. The molecule has 1 aromatic carbocycles. The Balaban J connectivity index is 1.42. The number of fused-ring (bicyclic) bond motifs is 1. The number of nitrogens with zero attached hydrogens (tertiary/aromatic N) is 1. The Morgan fingerprint density at radius 1 is 1.16 bits per heavy atom. The van der Waals surface area contributed by atoms with E-state index in [0.29, 0.717) is 6.04 Å². The summed E-state index contributed by atoms with van der Waals surface area (Å²) in [5.41, 5.74) is 3.12. The van der Waals surface area contributed by atoms with Crippen molar-refractivity contribution in [3.63, 3.8) is 0 Å². The minimum absolute atomic E-state index is 0.689. The average molecular weight is 276 g/mol. The Morgan fingerprint density at radius 3 is 2.79 bits per heavy atom. The van der Waals surface area contributed by atoms with Crippen LogP contribution in [0.2, 0.25) is 0 Å².